The Morgan fingerprint density at radius 2 is 2.26 bits per heavy atom. The third-order valence-corrected chi connectivity index (χ3v) is 4.28. The lowest BCUT2D eigenvalue weighted by atomic mass is 10.0. The topological polar surface area (TPSA) is 75.9 Å². The quantitative estimate of drug-likeness (QED) is 0.917. The average molecular weight is 314 g/mol. The van der Waals surface area contributed by atoms with Crippen molar-refractivity contribution in [2.45, 2.75) is 38.3 Å². The third-order valence-electron chi connectivity index (χ3n) is 4.28. The van der Waals surface area contributed by atoms with Crippen molar-refractivity contribution >= 4 is 11.7 Å². The van der Waals surface area contributed by atoms with Crippen LogP contribution < -0.4 is 10.2 Å². The number of anilines is 1. The second kappa shape index (κ2) is 6.36. The normalized spacial score (nSPS) is 18.7. The first-order chi connectivity index (χ1) is 11.1. The molecule has 3 rings (SSSR count). The average Bonchev–Trinajstić information content (AvgIpc) is 3.11. The Labute approximate surface area is 135 Å². The third kappa shape index (κ3) is 3.33. The van der Waals surface area contributed by atoms with Gasteiger partial charge in [-0.25, -0.2) is 14.6 Å². The summed E-state index contributed by atoms with van der Waals surface area (Å²) in [5.74, 6) is 0.915. The minimum absolute atomic E-state index is 0.0455. The molecule has 3 heterocycles. The highest BCUT2D eigenvalue weighted by atomic mass is 16.2. The van der Waals surface area contributed by atoms with Crippen molar-refractivity contribution < 1.29 is 4.79 Å². The number of pyridine rings is 1. The molecule has 23 heavy (non-hydrogen) atoms. The maximum atomic E-state index is 12.6. The zero-order chi connectivity index (χ0) is 16.3. The van der Waals surface area contributed by atoms with Crippen LogP contribution in [0.3, 0.4) is 0 Å². The lowest BCUT2D eigenvalue weighted by Gasteiger charge is -2.35. The summed E-state index contributed by atoms with van der Waals surface area (Å²) in [4.78, 5) is 23.2. The van der Waals surface area contributed by atoms with E-state index in [1.54, 1.807) is 17.2 Å². The number of carbonyl (C=O) groups is 1. The summed E-state index contributed by atoms with van der Waals surface area (Å²) in [6.45, 7) is 5.43. The summed E-state index contributed by atoms with van der Waals surface area (Å²) < 4.78 is 1.58. The minimum atomic E-state index is -0.760. The van der Waals surface area contributed by atoms with E-state index >= 15 is 0 Å². The molecule has 7 heteroatoms. The van der Waals surface area contributed by atoms with Crippen molar-refractivity contribution in [1.29, 1.82) is 0 Å². The highest BCUT2D eigenvalue weighted by Gasteiger charge is 2.33. The molecule has 7 nitrogen and oxygen atoms in total. The SMILES string of the molecule is CC(C)(C(=O)N[C@H]1CCCN(c2ccccn2)C1)n1cncn1. The smallest absolute Gasteiger partial charge is 0.247 e. The molecule has 0 saturated carbocycles. The van der Waals surface area contributed by atoms with Crippen molar-refractivity contribution in [2.75, 3.05) is 18.0 Å². The first kappa shape index (κ1) is 15.5. The van der Waals surface area contributed by atoms with Crippen LogP contribution in [0.2, 0.25) is 0 Å². The van der Waals surface area contributed by atoms with Crippen molar-refractivity contribution in [3.8, 4) is 0 Å². The predicted molar refractivity (Wildman–Crippen MR) is 87.0 cm³/mol. The van der Waals surface area contributed by atoms with Gasteiger partial charge in [0.05, 0.1) is 0 Å². The molecule has 0 aromatic carbocycles. The number of rotatable bonds is 4. The van der Waals surface area contributed by atoms with E-state index in [1.165, 1.54) is 6.33 Å². The summed E-state index contributed by atoms with van der Waals surface area (Å²) in [7, 11) is 0. The number of aromatic nitrogens is 4. The Balaban J connectivity index is 1.65. The van der Waals surface area contributed by atoms with Crippen LogP contribution >= 0.6 is 0 Å². The first-order valence-electron chi connectivity index (χ1n) is 7.89. The zero-order valence-corrected chi connectivity index (χ0v) is 13.5. The van der Waals surface area contributed by atoms with E-state index < -0.39 is 5.54 Å². The molecule has 1 aliphatic rings. The van der Waals surface area contributed by atoms with Gasteiger partial charge in [0.25, 0.3) is 0 Å². The summed E-state index contributed by atoms with van der Waals surface area (Å²) in [6, 6.07) is 6.01. The number of carbonyl (C=O) groups excluding carboxylic acids is 1. The number of piperidine rings is 1. The van der Waals surface area contributed by atoms with Crippen molar-refractivity contribution in [2.24, 2.45) is 0 Å². The van der Waals surface area contributed by atoms with Gasteiger partial charge in [-0.1, -0.05) is 6.07 Å². The van der Waals surface area contributed by atoms with Crippen LogP contribution in [0.5, 0.6) is 0 Å². The molecular formula is C16H22N6O. The molecule has 0 unspecified atom stereocenters. The van der Waals surface area contributed by atoms with E-state index in [0.717, 1.165) is 31.7 Å². The van der Waals surface area contributed by atoms with E-state index in [1.807, 2.05) is 32.0 Å². The molecule has 1 fully saturated rings. The number of nitrogens with one attached hydrogen (secondary N) is 1. The van der Waals surface area contributed by atoms with Crippen LogP contribution in [0, 0.1) is 0 Å². The Morgan fingerprint density at radius 1 is 1.39 bits per heavy atom. The number of hydrogen-bond donors (Lipinski definition) is 1. The van der Waals surface area contributed by atoms with Gasteiger partial charge < -0.3 is 10.2 Å². The van der Waals surface area contributed by atoms with Crippen LogP contribution in [0.4, 0.5) is 5.82 Å². The van der Waals surface area contributed by atoms with E-state index in [0.29, 0.717) is 0 Å². The van der Waals surface area contributed by atoms with Crippen molar-refractivity contribution in [3.63, 3.8) is 0 Å². The molecule has 1 atom stereocenters. The monoisotopic (exact) mass is 314 g/mol. The molecule has 1 saturated heterocycles. The van der Waals surface area contributed by atoms with E-state index in [2.05, 4.69) is 25.3 Å². The summed E-state index contributed by atoms with van der Waals surface area (Å²) in [6.07, 6.45) is 6.82. The number of amides is 1. The van der Waals surface area contributed by atoms with Crippen molar-refractivity contribution in [3.05, 3.63) is 37.1 Å². The van der Waals surface area contributed by atoms with Gasteiger partial charge in [-0.3, -0.25) is 4.79 Å². The lowest BCUT2D eigenvalue weighted by Crippen LogP contribution is -2.53. The summed E-state index contributed by atoms with van der Waals surface area (Å²) in [5, 5.41) is 7.24. The number of nitrogens with zero attached hydrogens (tertiary/aromatic N) is 5. The van der Waals surface area contributed by atoms with Crippen LogP contribution in [-0.4, -0.2) is 44.8 Å². The molecule has 0 bridgehead atoms. The lowest BCUT2D eigenvalue weighted by molar-refractivity contribution is -0.129. The number of hydrogen-bond acceptors (Lipinski definition) is 5. The van der Waals surface area contributed by atoms with Crippen LogP contribution in [-0.2, 0) is 10.3 Å². The van der Waals surface area contributed by atoms with E-state index in [-0.39, 0.29) is 11.9 Å². The van der Waals surface area contributed by atoms with Crippen LogP contribution in [0.1, 0.15) is 26.7 Å². The fourth-order valence-corrected chi connectivity index (χ4v) is 2.81. The summed E-state index contributed by atoms with van der Waals surface area (Å²) >= 11 is 0. The minimum Gasteiger partial charge on any atom is -0.355 e. The largest absolute Gasteiger partial charge is 0.355 e. The molecular weight excluding hydrogens is 292 g/mol. The highest BCUT2D eigenvalue weighted by Crippen LogP contribution is 2.19. The Kier molecular flexibility index (Phi) is 4.27. The summed E-state index contributed by atoms with van der Waals surface area (Å²) in [5.41, 5.74) is -0.760. The van der Waals surface area contributed by atoms with Crippen LogP contribution in [0.15, 0.2) is 37.1 Å². The molecule has 2 aromatic heterocycles. The molecule has 1 aliphatic heterocycles. The van der Waals surface area contributed by atoms with Crippen molar-refractivity contribution in [1.82, 2.24) is 25.1 Å². The van der Waals surface area contributed by atoms with Gasteiger partial charge in [-0.15, -0.1) is 0 Å². The molecule has 0 spiro atoms. The standard InChI is InChI=1S/C16H22N6O/c1-16(2,22-12-17-11-19-22)15(23)20-13-6-5-9-21(10-13)14-7-3-4-8-18-14/h3-4,7-8,11-13H,5-6,9-10H2,1-2H3,(H,20,23)/t13-/m0/s1. The van der Waals surface area contributed by atoms with Crippen LogP contribution in [0.25, 0.3) is 0 Å². The van der Waals surface area contributed by atoms with E-state index in [9.17, 15) is 4.79 Å². The first-order valence-corrected chi connectivity index (χ1v) is 7.89. The second-order valence-electron chi connectivity index (χ2n) is 6.35. The van der Waals surface area contributed by atoms with Gasteiger partial charge in [0, 0.05) is 25.3 Å². The van der Waals surface area contributed by atoms with Gasteiger partial charge in [0.1, 0.15) is 24.0 Å². The van der Waals surface area contributed by atoms with Gasteiger partial charge in [-0.05, 0) is 38.8 Å². The van der Waals surface area contributed by atoms with E-state index in [4.69, 9.17) is 0 Å². The maximum absolute atomic E-state index is 12.6. The predicted octanol–water partition coefficient (Wildman–Crippen LogP) is 1.19. The Morgan fingerprint density at radius 3 is 2.96 bits per heavy atom. The zero-order valence-electron chi connectivity index (χ0n) is 13.5. The van der Waals surface area contributed by atoms with Gasteiger partial charge >= 0.3 is 0 Å². The van der Waals surface area contributed by atoms with Gasteiger partial charge in [-0.2, -0.15) is 5.10 Å². The molecule has 0 aliphatic carbocycles. The Hall–Kier alpha value is -2.44. The maximum Gasteiger partial charge on any atom is 0.247 e. The Bertz CT molecular complexity index is 640. The van der Waals surface area contributed by atoms with Gasteiger partial charge in [0.2, 0.25) is 5.91 Å². The fourth-order valence-electron chi connectivity index (χ4n) is 2.81. The highest BCUT2D eigenvalue weighted by molar-refractivity contribution is 5.83. The fraction of sp³-hybridized carbons (Fsp3) is 0.500. The molecule has 1 N–H and O–H groups in total. The molecule has 122 valence electrons. The molecule has 2 aromatic rings. The molecule has 1 amide bonds. The van der Waals surface area contributed by atoms with Gasteiger partial charge in [0.15, 0.2) is 0 Å². The second-order valence-corrected chi connectivity index (χ2v) is 6.35. The molecule has 0 radical (unpaired) electrons.